The van der Waals surface area contributed by atoms with Crippen molar-refractivity contribution in [3.05, 3.63) is 77.0 Å². The Hall–Kier alpha value is -2.47. The number of thiophene rings is 1. The number of piperazine rings is 1. The van der Waals surface area contributed by atoms with Crippen LogP contribution in [-0.4, -0.2) is 47.9 Å². The zero-order chi connectivity index (χ0) is 20.1. The summed E-state index contributed by atoms with van der Waals surface area (Å²) in [5.41, 5.74) is 3.03. The van der Waals surface area contributed by atoms with Gasteiger partial charge in [0.05, 0.1) is 6.04 Å². The third-order valence-electron chi connectivity index (χ3n) is 5.56. The van der Waals surface area contributed by atoms with Crippen molar-refractivity contribution in [2.45, 2.75) is 19.5 Å². The summed E-state index contributed by atoms with van der Waals surface area (Å²) >= 11 is 1.81. The molecule has 1 saturated heterocycles. The molecule has 1 atom stereocenters. The highest BCUT2D eigenvalue weighted by Crippen LogP contribution is 2.28. The maximum absolute atomic E-state index is 13.0. The lowest BCUT2D eigenvalue weighted by Gasteiger charge is -2.37. The highest BCUT2D eigenvalue weighted by atomic mass is 32.1. The molecule has 1 amide bonds. The molecule has 1 aliphatic rings. The number of amides is 1. The number of hydrogen-bond acceptors (Lipinski definition) is 4. The molecule has 0 spiro atoms. The molecule has 1 aliphatic heterocycles. The molecule has 0 bridgehead atoms. The predicted molar refractivity (Wildman–Crippen MR) is 121 cm³/mol. The lowest BCUT2D eigenvalue weighted by Crippen LogP contribution is -2.52. The molecule has 0 unspecified atom stereocenters. The number of anilines is 1. The van der Waals surface area contributed by atoms with Crippen LogP contribution < -0.4 is 5.32 Å². The second kappa shape index (κ2) is 9.35. The van der Waals surface area contributed by atoms with Crippen molar-refractivity contribution < 1.29 is 4.79 Å². The van der Waals surface area contributed by atoms with Crippen LogP contribution >= 0.6 is 11.3 Å². The van der Waals surface area contributed by atoms with E-state index in [4.69, 9.17) is 0 Å². The summed E-state index contributed by atoms with van der Waals surface area (Å²) in [6.07, 6.45) is 0. The van der Waals surface area contributed by atoms with Crippen LogP contribution in [0.5, 0.6) is 0 Å². The normalized spacial score (nSPS) is 16.4. The van der Waals surface area contributed by atoms with E-state index >= 15 is 0 Å². The van der Waals surface area contributed by atoms with Gasteiger partial charge in [0.25, 0.3) is 0 Å². The molecular weight excluding hydrogens is 378 g/mol. The molecule has 1 N–H and O–H groups in total. The van der Waals surface area contributed by atoms with Crippen LogP contribution in [0.4, 0.5) is 5.69 Å². The topological polar surface area (TPSA) is 35.6 Å². The average molecular weight is 406 g/mol. The number of carbonyl (C=O) groups is 1. The first-order valence-corrected chi connectivity index (χ1v) is 11.0. The fourth-order valence-corrected chi connectivity index (χ4v) is 4.54. The average Bonchev–Trinajstić information content (AvgIpc) is 3.28. The Morgan fingerprint density at radius 3 is 2.41 bits per heavy atom. The lowest BCUT2D eigenvalue weighted by molar-refractivity contribution is -0.121. The Bertz CT molecular complexity index is 918. The van der Waals surface area contributed by atoms with E-state index in [0.717, 1.165) is 49.5 Å². The third-order valence-corrected chi connectivity index (χ3v) is 6.42. The number of carbonyl (C=O) groups excluding carboxylic acids is 1. The van der Waals surface area contributed by atoms with Crippen molar-refractivity contribution >= 4 is 22.9 Å². The molecule has 0 saturated carbocycles. The van der Waals surface area contributed by atoms with Gasteiger partial charge < -0.3 is 5.32 Å². The van der Waals surface area contributed by atoms with Gasteiger partial charge in [0.1, 0.15) is 0 Å². The Labute approximate surface area is 176 Å². The Morgan fingerprint density at radius 1 is 0.966 bits per heavy atom. The highest BCUT2D eigenvalue weighted by Gasteiger charge is 2.26. The van der Waals surface area contributed by atoms with Crippen LogP contribution in [0, 0.1) is 0 Å². The SMILES string of the molecule is C[C@H](C(=O)Nc1ccccc1-c1ccccc1)N1CCN(Cc2cccs2)CC1. The molecule has 1 fully saturated rings. The maximum atomic E-state index is 13.0. The summed E-state index contributed by atoms with van der Waals surface area (Å²) in [6.45, 7) is 6.85. The molecule has 3 aromatic rings. The summed E-state index contributed by atoms with van der Waals surface area (Å²) < 4.78 is 0. The molecule has 29 heavy (non-hydrogen) atoms. The predicted octanol–water partition coefficient (Wildman–Crippen LogP) is 4.56. The first-order valence-electron chi connectivity index (χ1n) is 10.1. The van der Waals surface area contributed by atoms with Gasteiger partial charge in [-0.15, -0.1) is 11.3 Å². The van der Waals surface area contributed by atoms with Gasteiger partial charge in [-0.25, -0.2) is 0 Å². The van der Waals surface area contributed by atoms with E-state index in [1.54, 1.807) is 0 Å². The second-order valence-electron chi connectivity index (χ2n) is 7.47. The number of hydrogen-bond donors (Lipinski definition) is 1. The van der Waals surface area contributed by atoms with Crippen molar-refractivity contribution in [3.63, 3.8) is 0 Å². The Kier molecular flexibility index (Phi) is 6.39. The molecule has 4 nitrogen and oxygen atoms in total. The smallest absolute Gasteiger partial charge is 0.241 e. The molecule has 0 aliphatic carbocycles. The summed E-state index contributed by atoms with van der Waals surface area (Å²) in [4.78, 5) is 19.1. The minimum atomic E-state index is -0.150. The van der Waals surface area contributed by atoms with Gasteiger partial charge in [0.15, 0.2) is 0 Å². The van der Waals surface area contributed by atoms with Crippen LogP contribution in [0.2, 0.25) is 0 Å². The summed E-state index contributed by atoms with van der Waals surface area (Å²) in [6, 6.07) is 22.3. The van der Waals surface area contributed by atoms with Gasteiger partial charge in [0.2, 0.25) is 5.91 Å². The minimum absolute atomic E-state index is 0.0556. The van der Waals surface area contributed by atoms with E-state index < -0.39 is 0 Å². The Balaban J connectivity index is 1.36. The quantitative estimate of drug-likeness (QED) is 0.653. The summed E-state index contributed by atoms with van der Waals surface area (Å²) in [5, 5.41) is 5.29. The molecule has 0 radical (unpaired) electrons. The van der Waals surface area contributed by atoms with Gasteiger partial charge >= 0.3 is 0 Å². The maximum Gasteiger partial charge on any atom is 0.241 e. The number of para-hydroxylation sites is 1. The number of nitrogens with one attached hydrogen (secondary N) is 1. The van der Waals surface area contributed by atoms with E-state index in [0.29, 0.717) is 0 Å². The van der Waals surface area contributed by atoms with Crippen molar-refractivity contribution in [1.29, 1.82) is 0 Å². The van der Waals surface area contributed by atoms with Gasteiger partial charge in [0, 0.05) is 48.9 Å². The van der Waals surface area contributed by atoms with Crippen LogP contribution in [0.1, 0.15) is 11.8 Å². The van der Waals surface area contributed by atoms with Crippen molar-refractivity contribution in [2.24, 2.45) is 0 Å². The van der Waals surface area contributed by atoms with E-state index in [9.17, 15) is 4.79 Å². The number of nitrogens with zero attached hydrogens (tertiary/aromatic N) is 2. The summed E-state index contributed by atoms with van der Waals surface area (Å²) in [5.74, 6) is 0.0556. The van der Waals surface area contributed by atoms with E-state index in [1.807, 2.05) is 54.7 Å². The lowest BCUT2D eigenvalue weighted by atomic mass is 10.0. The van der Waals surface area contributed by atoms with Crippen LogP contribution in [0.25, 0.3) is 11.1 Å². The van der Waals surface area contributed by atoms with Crippen molar-refractivity contribution in [3.8, 4) is 11.1 Å². The third kappa shape index (κ3) is 4.93. The first kappa shape index (κ1) is 19.8. The van der Waals surface area contributed by atoms with Gasteiger partial charge in [-0.05, 0) is 30.0 Å². The second-order valence-corrected chi connectivity index (χ2v) is 8.50. The van der Waals surface area contributed by atoms with E-state index in [2.05, 4.69) is 50.8 Å². The largest absolute Gasteiger partial charge is 0.324 e. The monoisotopic (exact) mass is 405 g/mol. The molecule has 150 valence electrons. The zero-order valence-electron chi connectivity index (χ0n) is 16.8. The van der Waals surface area contributed by atoms with Crippen LogP contribution in [0.3, 0.4) is 0 Å². The standard InChI is InChI=1S/C24H27N3OS/c1-19(27-15-13-26(14-16-27)18-21-10-7-17-29-21)24(28)25-23-12-6-5-11-22(23)20-8-3-2-4-9-20/h2-12,17,19H,13-16,18H2,1H3,(H,25,28)/t19-/m1/s1. The van der Waals surface area contributed by atoms with Crippen LogP contribution in [-0.2, 0) is 11.3 Å². The number of rotatable bonds is 6. The van der Waals surface area contributed by atoms with Gasteiger partial charge in [-0.2, -0.15) is 0 Å². The Morgan fingerprint density at radius 2 is 1.69 bits per heavy atom. The number of benzene rings is 2. The first-order chi connectivity index (χ1) is 14.2. The fraction of sp³-hybridized carbons (Fsp3) is 0.292. The van der Waals surface area contributed by atoms with Crippen LogP contribution in [0.15, 0.2) is 72.1 Å². The molecule has 4 rings (SSSR count). The molecule has 1 aromatic heterocycles. The molecule has 2 aromatic carbocycles. The van der Waals surface area contributed by atoms with Gasteiger partial charge in [-0.1, -0.05) is 54.6 Å². The van der Waals surface area contributed by atoms with Gasteiger partial charge in [-0.3, -0.25) is 14.6 Å². The van der Waals surface area contributed by atoms with Crippen molar-refractivity contribution in [2.75, 3.05) is 31.5 Å². The highest BCUT2D eigenvalue weighted by molar-refractivity contribution is 7.09. The zero-order valence-corrected chi connectivity index (χ0v) is 17.6. The molecule has 5 heteroatoms. The van der Waals surface area contributed by atoms with Crippen molar-refractivity contribution in [1.82, 2.24) is 9.80 Å². The minimum Gasteiger partial charge on any atom is -0.324 e. The summed E-state index contributed by atoms with van der Waals surface area (Å²) in [7, 11) is 0. The molecular formula is C24H27N3OS. The molecule has 2 heterocycles. The van der Waals surface area contributed by atoms with E-state index in [1.165, 1.54) is 4.88 Å². The van der Waals surface area contributed by atoms with E-state index in [-0.39, 0.29) is 11.9 Å². The fourth-order valence-electron chi connectivity index (χ4n) is 3.80.